The third kappa shape index (κ3) is 2.67. The first-order valence-electron chi connectivity index (χ1n) is 6.50. The van der Waals surface area contributed by atoms with Crippen molar-refractivity contribution >= 4 is 23.3 Å². The molecule has 2 fully saturated rings. The van der Waals surface area contributed by atoms with Gasteiger partial charge in [0.05, 0.1) is 36.2 Å². The predicted molar refractivity (Wildman–Crippen MR) is 72.3 cm³/mol. The fourth-order valence-corrected chi connectivity index (χ4v) is 3.00. The zero-order chi connectivity index (χ0) is 13.2. The molecule has 0 unspecified atom stereocenters. The monoisotopic (exact) mass is 281 g/mol. The molecule has 0 saturated carbocycles. The number of carbonyl (C=O) groups is 1. The van der Waals surface area contributed by atoms with Gasteiger partial charge in [-0.1, -0.05) is 11.6 Å². The molecule has 2 saturated heterocycles. The third-order valence-corrected chi connectivity index (χ3v) is 3.96. The second-order valence-corrected chi connectivity index (χ2v) is 5.46. The van der Waals surface area contributed by atoms with E-state index in [0.29, 0.717) is 23.2 Å². The number of likely N-dealkylation sites (tertiary alicyclic amines) is 1. The van der Waals surface area contributed by atoms with Crippen LogP contribution in [0.1, 0.15) is 12.8 Å². The van der Waals surface area contributed by atoms with Gasteiger partial charge in [-0.15, -0.1) is 0 Å². The van der Waals surface area contributed by atoms with Crippen LogP contribution in [0.2, 0.25) is 5.02 Å². The number of pyridine rings is 1. The molecule has 2 aliphatic heterocycles. The van der Waals surface area contributed by atoms with Crippen LogP contribution in [-0.2, 0) is 4.74 Å². The lowest BCUT2D eigenvalue weighted by molar-refractivity contribution is 0.140. The Morgan fingerprint density at radius 3 is 3.21 bits per heavy atom. The number of piperidine rings is 1. The van der Waals surface area contributed by atoms with Crippen LogP contribution >= 0.6 is 11.6 Å². The van der Waals surface area contributed by atoms with Gasteiger partial charge in [0.1, 0.15) is 0 Å². The van der Waals surface area contributed by atoms with E-state index in [0.717, 1.165) is 26.0 Å². The summed E-state index contributed by atoms with van der Waals surface area (Å²) < 4.78 is 5.49. The van der Waals surface area contributed by atoms with Crippen molar-refractivity contribution in [3.63, 3.8) is 0 Å². The highest BCUT2D eigenvalue weighted by molar-refractivity contribution is 6.30. The van der Waals surface area contributed by atoms with Crippen LogP contribution in [0.5, 0.6) is 0 Å². The molecule has 3 heterocycles. The van der Waals surface area contributed by atoms with Gasteiger partial charge >= 0.3 is 6.03 Å². The van der Waals surface area contributed by atoms with E-state index in [2.05, 4.69) is 10.3 Å². The van der Waals surface area contributed by atoms with Crippen LogP contribution in [0, 0.1) is 5.92 Å². The summed E-state index contributed by atoms with van der Waals surface area (Å²) in [5, 5.41) is 3.36. The van der Waals surface area contributed by atoms with Crippen LogP contribution in [0.3, 0.4) is 0 Å². The van der Waals surface area contributed by atoms with Crippen molar-refractivity contribution in [2.24, 2.45) is 5.92 Å². The number of aromatic nitrogens is 1. The summed E-state index contributed by atoms with van der Waals surface area (Å²) in [6, 6.07) is 1.81. The van der Waals surface area contributed by atoms with Crippen molar-refractivity contribution in [2.45, 2.75) is 18.9 Å². The van der Waals surface area contributed by atoms with Gasteiger partial charge in [0.15, 0.2) is 0 Å². The van der Waals surface area contributed by atoms with Crippen LogP contribution in [-0.4, -0.2) is 41.7 Å². The van der Waals surface area contributed by atoms with Crippen molar-refractivity contribution in [1.29, 1.82) is 0 Å². The lowest BCUT2D eigenvalue weighted by atomic mass is 9.92. The number of nitrogens with one attached hydrogen (secondary N) is 1. The average Bonchev–Trinajstić information content (AvgIpc) is 2.86. The number of amides is 2. The van der Waals surface area contributed by atoms with E-state index >= 15 is 0 Å². The zero-order valence-corrected chi connectivity index (χ0v) is 11.3. The Labute approximate surface area is 116 Å². The molecule has 1 aromatic heterocycles. The van der Waals surface area contributed by atoms with Gasteiger partial charge in [-0.3, -0.25) is 4.98 Å². The molecule has 19 heavy (non-hydrogen) atoms. The third-order valence-electron chi connectivity index (χ3n) is 3.76. The van der Waals surface area contributed by atoms with Crippen molar-refractivity contribution in [1.82, 2.24) is 9.88 Å². The highest BCUT2D eigenvalue weighted by atomic mass is 35.5. The number of nitrogens with zero attached hydrogens (tertiary/aromatic N) is 2. The van der Waals surface area contributed by atoms with Gasteiger partial charge in [-0.2, -0.15) is 0 Å². The number of rotatable bonds is 1. The van der Waals surface area contributed by atoms with E-state index in [9.17, 15) is 4.79 Å². The fourth-order valence-electron chi connectivity index (χ4n) is 2.82. The Bertz CT molecular complexity index is 483. The molecule has 0 bridgehead atoms. The summed E-state index contributed by atoms with van der Waals surface area (Å²) in [7, 11) is 0. The lowest BCUT2D eigenvalue weighted by Gasteiger charge is -2.36. The topological polar surface area (TPSA) is 54.5 Å². The summed E-state index contributed by atoms with van der Waals surface area (Å²) in [5.41, 5.74) is 0.624. The molecule has 3 rings (SSSR count). The first-order valence-corrected chi connectivity index (χ1v) is 6.88. The molecule has 0 radical (unpaired) electrons. The van der Waals surface area contributed by atoms with Crippen LogP contribution in [0.15, 0.2) is 18.5 Å². The molecule has 0 aromatic carbocycles. The van der Waals surface area contributed by atoms with Gasteiger partial charge in [0.2, 0.25) is 0 Å². The van der Waals surface area contributed by atoms with Crippen LogP contribution in [0.25, 0.3) is 0 Å². The molecule has 5 nitrogen and oxygen atoms in total. The van der Waals surface area contributed by atoms with Crippen molar-refractivity contribution in [2.75, 3.05) is 25.1 Å². The summed E-state index contributed by atoms with van der Waals surface area (Å²) in [5.74, 6) is 0.483. The highest BCUT2D eigenvalue weighted by Crippen LogP contribution is 2.29. The van der Waals surface area contributed by atoms with Crippen molar-refractivity contribution < 1.29 is 9.53 Å². The molecular weight excluding hydrogens is 266 g/mol. The van der Waals surface area contributed by atoms with Crippen molar-refractivity contribution in [3.05, 3.63) is 23.5 Å². The number of hydrogen-bond donors (Lipinski definition) is 1. The standard InChI is InChI=1S/C13H16ClN3O2/c14-10-4-11(6-15-5-10)16-13(18)17-3-1-2-9-7-19-8-12(9)17/h4-6,9,12H,1-3,7-8H2,(H,16,18)/t9-,12+/m1/s1. The Hall–Kier alpha value is -1.33. The molecular formula is C13H16ClN3O2. The summed E-state index contributed by atoms with van der Waals surface area (Å²) in [6.07, 6.45) is 5.31. The minimum Gasteiger partial charge on any atom is -0.379 e. The Morgan fingerprint density at radius 2 is 2.37 bits per heavy atom. The second kappa shape index (κ2) is 5.35. The van der Waals surface area contributed by atoms with E-state index in [4.69, 9.17) is 16.3 Å². The highest BCUT2D eigenvalue weighted by Gasteiger charge is 2.38. The maximum absolute atomic E-state index is 12.3. The molecule has 2 amide bonds. The molecule has 2 aliphatic rings. The normalized spacial score (nSPS) is 26.1. The van der Waals surface area contributed by atoms with E-state index in [1.54, 1.807) is 18.5 Å². The number of ether oxygens (including phenoxy) is 1. The number of urea groups is 1. The smallest absolute Gasteiger partial charge is 0.322 e. The Kier molecular flexibility index (Phi) is 3.57. The molecule has 0 aliphatic carbocycles. The van der Waals surface area contributed by atoms with E-state index in [1.807, 2.05) is 4.90 Å². The molecule has 0 spiro atoms. The Balaban J connectivity index is 1.69. The molecule has 102 valence electrons. The minimum atomic E-state index is -0.0933. The number of carbonyl (C=O) groups excluding carboxylic acids is 1. The fraction of sp³-hybridized carbons (Fsp3) is 0.538. The lowest BCUT2D eigenvalue weighted by Crippen LogP contribution is -2.49. The number of hydrogen-bond acceptors (Lipinski definition) is 3. The summed E-state index contributed by atoms with van der Waals surface area (Å²) >= 11 is 5.86. The number of halogens is 1. The van der Waals surface area contributed by atoms with Gasteiger partial charge in [0, 0.05) is 18.7 Å². The average molecular weight is 282 g/mol. The maximum atomic E-state index is 12.3. The van der Waals surface area contributed by atoms with Gasteiger partial charge < -0.3 is 15.0 Å². The van der Waals surface area contributed by atoms with Crippen molar-refractivity contribution in [3.8, 4) is 0 Å². The minimum absolute atomic E-state index is 0.0933. The summed E-state index contributed by atoms with van der Waals surface area (Å²) in [4.78, 5) is 18.1. The summed E-state index contributed by atoms with van der Waals surface area (Å²) in [6.45, 7) is 2.20. The Morgan fingerprint density at radius 1 is 1.47 bits per heavy atom. The predicted octanol–water partition coefficient (Wildman–Crippen LogP) is 2.38. The largest absolute Gasteiger partial charge is 0.379 e. The second-order valence-electron chi connectivity index (χ2n) is 5.02. The first-order chi connectivity index (χ1) is 9.24. The van der Waals surface area contributed by atoms with E-state index in [-0.39, 0.29) is 12.1 Å². The SMILES string of the molecule is O=C(Nc1cncc(Cl)c1)N1CCC[C@@H]2COC[C@@H]21. The van der Waals surface area contributed by atoms with Gasteiger partial charge in [-0.25, -0.2) is 4.79 Å². The quantitative estimate of drug-likeness (QED) is 0.860. The zero-order valence-electron chi connectivity index (χ0n) is 10.5. The number of anilines is 1. The van der Waals surface area contributed by atoms with E-state index < -0.39 is 0 Å². The number of fused-ring (bicyclic) bond motifs is 1. The maximum Gasteiger partial charge on any atom is 0.322 e. The van der Waals surface area contributed by atoms with Crippen LogP contribution in [0.4, 0.5) is 10.5 Å². The van der Waals surface area contributed by atoms with E-state index in [1.165, 1.54) is 0 Å². The molecule has 1 aromatic rings. The molecule has 1 N–H and O–H groups in total. The van der Waals surface area contributed by atoms with Crippen LogP contribution < -0.4 is 5.32 Å². The van der Waals surface area contributed by atoms with Gasteiger partial charge in [-0.05, 0) is 18.9 Å². The first kappa shape index (κ1) is 12.7. The molecule has 6 heteroatoms. The molecule has 2 atom stereocenters. The van der Waals surface area contributed by atoms with Gasteiger partial charge in [0.25, 0.3) is 0 Å².